The lowest BCUT2D eigenvalue weighted by atomic mass is 10.2. The van der Waals surface area contributed by atoms with Gasteiger partial charge in [0.25, 0.3) is 0 Å². The van der Waals surface area contributed by atoms with Crippen LogP contribution in [0.2, 0.25) is 0 Å². The Labute approximate surface area is 135 Å². The molecule has 2 aromatic rings. The Morgan fingerprint density at radius 1 is 1.29 bits per heavy atom. The monoisotopic (exact) mass is 345 g/mol. The lowest BCUT2D eigenvalue weighted by molar-refractivity contribution is -0.141. The molecule has 1 aromatic carbocycles. The van der Waals surface area contributed by atoms with Crippen molar-refractivity contribution < 1.29 is 27.1 Å². The lowest BCUT2D eigenvalue weighted by Gasteiger charge is -2.15. The van der Waals surface area contributed by atoms with Gasteiger partial charge in [-0.2, -0.15) is 18.3 Å². The second-order valence-electron chi connectivity index (χ2n) is 5.08. The largest absolute Gasteiger partial charge is 0.462 e. The Morgan fingerprint density at radius 2 is 1.96 bits per heavy atom. The van der Waals surface area contributed by atoms with E-state index in [0.29, 0.717) is 0 Å². The third-order valence-electron chi connectivity index (χ3n) is 3.13. The molecule has 0 amide bonds. The van der Waals surface area contributed by atoms with Gasteiger partial charge in [0, 0.05) is 20.2 Å². The molecule has 0 saturated heterocycles. The summed E-state index contributed by atoms with van der Waals surface area (Å²) < 4.78 is 58.5. The number of hydrogen-bond donors (Lipinski definition) is 0. The molecule has 0 atom stereocenters. The number of anilines is 1. The van der Waals surface area contributed by atoms with Crippen LogP contribution in [0.4, 0.5) is 23.4 Å². The van der Waals surface area contributed by atoms with Gasteiger partial charge in [0.1, 0.15) is 17.3 Å². The summed E-state index contributed by atoms with van der Waals surface area (Å²) in [7, 11) is 3.02. The van der Waals surface area contributed by atoms with Gasteiger partial charge in [-0.3, -0.25) is 0 Å². The van der Waals surface area contributed by atoms with Crippen molar-refractivity contribution in [1.29, 1.82) is 0 Å². The van der Waals surface area contributed by atoms with Crippen LogP contribution in [-0.2, 0) is 10.9 Å². The molecule has 0 spiro atoms. The van der Waals surface area contributed by atoms with Crippen LogP contribution >= 0.6 is 0 Å². The summed E-state index contributed by atoms with van der Waals surface area (Å²) in [5.41, 5.74) is -1.38. The molecular weight excluding hydrogens is 330 g/mol. The predicted molar refractivity (Wildman–Crippen MR) is 78.8 cm³/mol. The minimum absolute atomic E-state index is 0.0345. The fourth-order valence-corrected chi connectivity index (χ4v) is 2.03. The third-order valence-corrected chi connectivity index (χ3v) is 3.13. The molecule has 0 aliphatic rings. The first-order valence-corrected chi connectivity index (χ1v) is 6.96. The number of halogens is 4. The molecule has 0 saturated carbocycles. The van der Waals surface area contributed by atoms with E-state index in [-0.39, 0.29) is 23.7 Å². The van der Waals surface area contributed by atoms with Crippen LogP contribution in [0.25, 0.3) is 5.69 Å². The van der Waals surface area contributed by atoms with Crippen molar-refractivity contribution in [1.82, 2.24) is 9.78 Å². The Bertz CT molecular complexity index is 754. The minimum atomic E-state index is -4.66. The highest BCUT2D eigenvalue weighted by molar-refractivity contribution is 5.89. The fraction of sp³-hybridized carbons (Fsp3) is 0.333. The number of hydrogen-bond acceptors (Lipinski definition) is 4. The predicted octanol–water partition coefficient (Wildman–Crippen LogP) is 3.27. The number of benzene rings is 1. The van der Waals surface area contributed by atoms with Crippen LogP contribution < -0.4 is 4.90 Å². The second kappa shape index (κ2) is 6.50. The standard InChI is InChI=1S/C15H15F4N3O2/c1-4-24-14(23)9-5-6-11(10(16)7-9)22-13(21(2)3)8-12(20-22)15(17,18)19/h5-8H,4H2,1-3H3. The van der Waals surface area contributed by atoms with E-state index in [1.54, 1.807) is 6.92 Å². The highest BCUT2D eigenvalue weighted by Gasteiger charge is 2.35. The Hall–Kier alpha value is -2.58. The molecule has 130 valence electrons. The molecule has 2 rings (SSSR count). The summed E-state index contributed by atoms with van der Waals surface area (Å²) in [4.78, 5) is 13.0. The van der Waals surface area contributed by atoms with E-state index in [9.17, 15) is 22.4 Å². The summed E-state index contributed by atoms with van der Waals surface area (Å²) in [6, 6.07) is 4.17. The molecule has 0 bridgehead atoms. The van der Waals surface area contributed by atoms with Crippen molar-refractivity contribution in [2.75, 3.05) is 25.6 Å². The van der Waals surface area contributed by atoms with Crippen LogP contribution in [0.3, 0.4) is 0 Å². The van der Waals surface area contributed by atoms with Crippen molar-refractivity contribution in [2.45, 2.75) is 13.1 Å². The molecule has 1 heterocycles. The van der Waals surface area contributed by atoms with E-state index in [1.807, 2.05) is 0 Å². The number of alkyl halides is 3. The van der Waals surface area contributed by atoms with Crippen LogP contribution in [0.1, 0.15) is 23.0 Å². The van der Waals surface area contributed by atoms with E-state index in [2.05, 4.69) is 5.10 Å². The first-order chi connectivity index (χ1) is 11.1. The zero-order valence-electron chi connectivity index (χ0n) is 13.2. The molecule has 0 aliphatic carbocycles. The minimum Gasteiger partial charge on any atom is -0.462 e. The maximum atomic E-state index is 14.3. The van der Waals surface area contributed by atoms with Crippen LogP contribution in [0.5, 0.6) is 0 Å². The number of esters is 1. The first kappa shape index (κ1) is 17.8. The van der Waals surface area contributed by atoms with Crippen LogP contribution in [0, 0.1) is 5.82 Å². The van der Waals surface area contributed by atoms with E-state index in [1.165, 1.54) is 31.1 Å². The molecule has 1 aromatic heterocycles. The summed E-state index contributed by atoms with van der Waals surface area (Å²) in [6.45, 7) is 1.73. The molecule has 0 radical (unpaired) electrons. The molecule has 5 nitrogen and oxygen atoms in total. The third kappa shape index (κ3) is 3.50. The number of carbonyl (C=O) groups excluding carboxylic acids is 1. The van der Waals surface area contributed by atoms with E-state index >= 15 is 0 Å². The zero-order chi connectivity index (χ0) is 18.1. The summed E-state index contributed by atoms with van der Waals surface area (Å²) in [5.74, 6) is -1.56. The average Bonchev–Trinajstić information content (AvgIpc) is 2.92. The van der Waals surface area contributed by atoms with Crippen LogP contribution in [0.15, 0.2) is 24.3 Å². The van der Waals surface area contributed by atoms with Crippen molar-refractivity contribution in [3.05, 3.63) is 41.3 Å². The molecule has 24 heavy (non-hydrogen) atoms. The second-order valence-corrected chi connectivity index (χ2v) is 5.08. The summed E-state index contributed by atoms with van der Waals surface area (Å²) in [5, 5.41) is 3.44. The average molecular weight is 345 g/mol. The number of carbonyl (C=O) groups is 1. The molecule has 0 fully saturated rings. The van der Waals surface area contributed by atoms with E-state index < -0.39 is 23.7 Å². The molecule has 0 N–H and O–H groups in total. The number of aromatic nitrogens is 2. The topological polar surface area (TPSA) is 47.4 Å². The Morgan fingerprint density at radius 3 is 2.46 bits per heavy atom. The summed E-state index contributed by atoms with van der Waals surface area (Å²) in [6.07, 6.45) is -4.66. The maximum Gasteiger partial charge on any atom is 0.435 e. The fourth-order valence-electron chi connectivity index (χ4n) is 2.03. The Balaban J connectivity index is 2.52. The molecule has 0 aliphatic heterocycles. The van der Waals surface area contributed by atoms with Crippen LogP contribution in [-0.4, -0.2) is 36.5 Å². The van der Waals surface area contributed by atoms with Gasteiger partial charge in [0.2, 0.25) is 0 Å². The van der Waals surface area contributed by atoms with Crippen molar-refractivity contribution >= 4 is 11.8 Å². The van der Waals surface area contributed by atoms with Gasteiger partial charge < -0.3 is 9.64 Å². The summed E-state index contributed by atoms with van der Waals surface area (Å²) >= 11 is 0. The van der Waals surface area contributed by atoms with Crippen molar-refractivity contribution in [3.63, 3.8) is 0 Å². The smallest absolute Gasteiger partial charge is 0.435 e. The van der Waals surface area contributed by atoms with Gasteiger partial charge in [-0.05, 0) is 25.1 Å². The molecular formula is C15H15F4N3O2. The van der Waals surface area contributed by atoms with E-state index in [0.717, 1.165) is 16.8 Å². The zero-order valence-corrected chi connectivity index (χ0v) is 13.2. The van der Waals surface area contributed by atoms with Gasteiger partial charge in [-0.25, -0.2) is 13.9 Å². The number of ether oxygens (including phenoxy) is 1. The molecule has 9 heteroatoms. The normalized spacial score (nSPS) is 11.5. The molecule has 0 unspecified atom stereocenters. The lowest BCUT2D eigenvalue weighted by Crippen LogP contribution is -2.15. The van der Waals surface area contributed by atoms with Gasteiger partial charge >= 0.3 is 12.1 Å². The Kier molecular flexibility index (Phi) is 4.81. The number of rotatable bonds is 4. The maximum absolute atomic E-state index is 14.3. The SMILES string of the molecule is CCOC(=O)c1ccc(-n2nc(C(F)(F)F)cc2N(C)C)c(F)c1. The van der Waals surface area contributed by atoms with Gasteiger partial charge in [-0.1, -0.05) is 0 Å². The van der Waals surface area contributed by atoms with E-state index in [4.69, 9.17) is 4.74 Å². The van der Waals surface area contributed by atoms with Gasteiger partial charge in [-0.15, -0.1) is 0 Å². The highest BCUT2D eigenvalue weighted by Crippen LogP contribution is 2.32. The number of nitrogens with zero attached hydrogens (tertiary/aromatic N) is 3. The quantitative estimate of drug-likeness (QED) is 0.630. The van der Waals surface area contributed by atoms with Gasteiger partial charge in [0.15, 0.2) is 5.69 Å². The first-order valence-electron chi connectivity index (χ1n) is 6.96. The van der Waals surface area contributed by atoms with Gasteiger partial charge in [0.05, 0.1) is 12.2 Å². The van der Waals surface area contributed by atoms with Crippen molar-refractivity contribution in [2.24, 2.45) is 0 Å². The highest BCUT2D eigenvalue weighted by atomic mass is 19.4. The van der Waals surface area contributed by atoms with Crippen molar-refractivity contribution in [3.8, 4) is 5.69 Å².